The first-order valence-corrected chi connectivity index (χ1v) is 12.9. The summed E-state index contributed by atoms with van der Waals surface area (Å²) < 4.78 is 29.2. The molecule has 10 heteroatoms. The van der Waals surface area contributed by atoms with Crippen LogP contribution in [0.3, 0.4) is 0 Å². The molecule has 0 unspecified atom stereocenters. The first-order valence-electron chi connectivity index (χ1n) is 10.4. The molecule has 1 saturated heterocycles. The van der Waals surface area contributed by atoms with E-state index < -0.39 is 22.0 Å². The molecule has 0 saturated carbocycles. The smallest absolute Gasteiger partial charge is 0.261 e. The van der Waals surface area contributed by atoms with E-state index in [0.29, 0.717) is 18.5 Å². The van der Waals surface area contributed by atoms with Crippen molar-refractivity contribution in [1.82, 2.24) is 14.7 Å². The van der Waals surface area contributed by atoms with Gasteiger partial charge in [0.2, 0.25) is 15.9 Å². The minimum atomic E-state index is -3.91. The highest BCUT2D eigenvalue weighted by Crippen LogP contribution is 2.25. The fourth-order valence-electron chi connectivity index (χ4n) is 3.92. The van der Waals surface area contributed by atoms with Crippen molar-refractivity contribution in [2.24, 2.45) is 5.92 Å². The van der Waals surface area contributed by atoms with Gasteiger partial charge in [0, 0.05) is 30.8 Å². The SMILES string of the molecule is CC(C)C[C@H](C(=O)NO)N(CCN1CCCC1=O)S(=O)(=O)Cc1ccc2sccc2c1. The molecule has 0 aliphatic carbocycles. The topological polar surface area (TPSA) is 107 Å². The highest BCUT2D eigenvalue weighted by molar-refractivity contribution is 7.88. The number of sulfonamides is 1. The molecular weight excluding hydrogens is 438 g/mol. The van der Waals surface area contributed by atoms with Crippen molar-refractivity contribution in [1.29, 1.82) is 0 Å². The lowest BCUT2D eigenvalue weighted by Gasteiger charge is -2.32. The zero-order valence-corrected chi connectivity index (χ0v) is 19.4. The Hall–Kier alpha value is -2.01. The van der Waals surface area contributed by atoms with E-state index in [1.807, 2.05) is 37.4 Å². The molecule has 3 rings (SSSR count). The van der Waals surface area contributed by atoms with Crippen LogP contribution in [-0.4, -0.2) is 60.3 Å². The molecule has 170 valence electrons. The highest BCUT2D eigenvalue weighted by atomic mass is 32.2. The van der Waals surface area contributed by atoms with Crippen molar-refractivity contribution in [2.45, 2.75) is 44.9 Å². The van der Waals surface area contributed by atoms with E-state index in [2.05, 4.69) is 0 Å². The average molecular weight is 468 g/mol. The Labute approximate surface area is 186 Å². The molecule has 0 radical (unpaired) electrons. The molecule has 31 heavy (non-hydrogen) atoms. The highest BCUT2D eigenvalue weighted by Gasteiger charge is 2.36. The number of likely N-dealkylation sites (tertiary alicyclic amines) is 1. The number of amides is 2. The van der Waals surface area contributed by atoms with E-state index in [1.165, 1.54) is 0 Å². The first-order chi connectivity index (χ1) is 14.7. The number of carbonyl (C=O) groups is 2. The number of rotatable bonds is 10. The molecule has 1 aliphatic rings. The number of hydrogen-bond acceptors (Lipinski definition) is 6. The summed E-state index contributed by atoms with van der Waals surface area (Å²) in [7, 11) is -3.91. The van der Waals surface area contributed by atoms with Crippen molar-refractivity contribution >= 4 is 43.3 Å². The number of benzene rings is 1. The second-order valence-corrected chi connectivity index (χ2v) is 11.1. The summed E-state index contributed by atoms with van der Waals surface area (Å²) in [5.41, 5.74) is 2.25. The molecule has 0 spiro atoms. The molecule has 1 fully saturated rings. The summed E-state index contributed by atoms with van der Waals surface area (Å²) in [5, 5.41) is 12.2. The van der Waals surface area contributed by atoms with Crippen molar-refractivity contribution < 1.29 is 23.2 Å². The summed E-state index contributed by atoms with van der Waals surface area (Å²) in [5.74, 6) is -1.01. The number of nitrogens with zero attached hydrogens (tertiary/aromatic N) is 2. The molecule has 8 nitrogen and oxygen atoms in total. The molecule has 2 aromatic rings. The van der Waals surface area contributed by atoms with Crippen molar-refractivity contribution in [3.8, 4) is 0 Å². The lowest BCUT2D eigenvalue weighted by Crippen LogP contribution is -2.52. The van der Waals surface area contributed by atoms with Gasteiger partial charge >= 0.3 is 0 Å². The van der Waals surface area contributed by atoms with Crippen LogP contribution in [0.1, 0.15) is 38.7 Å². The van der Waals surface area contributed by atoms with Crippen molar-refractivity contribution in [3.05, 3.63) is 35.2 Å². The number of hydrogen-bond donors (Lipinski definition) is 2. The van der Waals surface area contributed by atoms with E-state index in [-0.39, 0.29) is 37.1 Å². The Balaban J connectivity index is 1.88. The summed E-state index contributed by atoms with van der Waals surface area (Å²) in [6, 6.07) is 6.40. The molecule has 0 bridgehead atoms. The Morgan fingerprint density at radius 3 is 2.74 bits per heavy atom. The van der Waals surface area contributed by atoms with Gasteiger partial charge in [-0.05, 0) is 53.3 Å². The molecule has 1 atom stereocenters. The Kier molecular flexibility index (Phi) is 7.68. The maximum atomic E-state index is 13.5. The van der Waals surface area contributed by atoms with Crippen LogP contribution >= 0.6 is 11.3 Å². The van der Waals surface area contributed by atoms with Gasteiger partial charge < -0.3 is 4.90 Å². The Morgan fingerprint density at radius 2 is 2.10 bits per heavy atom. The third kappa shape index (κ3) is 5.82. The van der Waals surface area contributed by atoms with E-state index in [4.69, 9.17) is 0 Å². The minimum Gasteiger partial charge on any atom is -0.341 e. The van der Waals surface area contributed by atoms with Gasteiger partial charge in [-0.1, -0.05) is 19.9 Å². The van der Waals surface area contributed by atoms with Gasteiger partial charge in [-0.2, -0.15) is 4.31 Å². The second kappa shape index (κ2) is 10.1. The molecule has 2 heterocycles. The number of thiophene rings is 1. The molecule has 1 aromatic heterocycles. The molecule has 1 aromatic carbocycles. The summed E-state index contributed by atoms with van der Waals surface area (Å²) in [4.78, 5) is 26.1. The number of fused-ring (bicyclic) bond motifs is 1. The zero-order chi connectivity index (χ0) is 22.6. The predicted molar refractivity (Wildman–Crippen MR) is 120 cm³/mol. The number of carbonyl (C=O) groups excluding carboxylic acids is 2. The Bertz CT molecular complexity index is 1030. The van der Waals surface area contributed by atoms with E-state index in [9.17, 15) is 23.2 Å². The van der Waals surface area contributed by atoms with Crippen molar-refractivity contribution in [3.63, 3.8) is 0 Å². The lowest BCUT2D eigenvalue weighted by molar-refractivity contribution is -0.133. The summed E-state index contributed by atoms with van der Waals surface area (Å²) in [6.07, 6.45) is 1.46. The summed E-state index contributed by atoms with van der Waals surface area (Å²) >= 11 is 1.58. The number of hydroxylamine groups is 1. The van der Waals surface area contributed by atoms with Crippen LogP contribution in [0.2, 0.25) is 0 Å². The van der Waals surface area contributed by atoms with Gasteiger partial charge in [-0.3, -0.25) is 14.8 Å². The van der Waals surface area contributed by atoms with E-state index >= 15 is 0 Å². The second-order valence-electron chi connectivity index (χ2n) is 8.27. The molecular formula is C21H29N3O5S2. The minimum absolute atomic E-state index is 0.000421. The van der Waals surface area contributed by atoms with Crippen LogP contribution in [0.25, 0.3) is 10.1 Å². The fraction of sp³-hybridized carbons (Fsp3) is 0.524. The third-order valence-electron chi connectivity index (χ3n) is 5.44. The van der Waals surface area contributed by atoms with Gasteiger partial charge in [0.25, 0.3) is 5.91 Å². The van der Waals surface area contributed by atoms with Crippen LogP contribution in [-0.2, 0) is 25.4 Å². The Morgan fingerprint density at radius 1 is 1.32 bits per heavy atom. The molecule has 1 aliphatic heterocycles. The maximum Gasteiger partial charge on any atom is 0.261 e. The van der Waals surface area contributed by atoms with Gasteiger partial charge in [0.05, 0.1) is 5.75 Å². The van der Waals surface area contributed by atoms with Crippen molar-refractivity contribution in [2.75, 3.05) is 19.6 Å². The number of nitrogens with one attached hydrogen (secondary N) is 1. The summed E-state index contributed by atoms with van der Waals surface area (Å²) in [6.45, 7) is 4.57. The fourth-order valence-corrected chi connectivity index (χ4v) is 6.39. The normalized spacial score (nSPS) is 15.9. The van der Waals surface area contributed by atoms with Crippen LogP contribution in [0.5, 0.6) is 0 Å². The standard InChI is InChI=1S/C21H29N3O5S2/c1-15(2)12-18(21(26)22-27)24(10-9-23-8-3-4-20(23)25)31(28,29)14-16-5-6-19-17(13-16)7-11-30-19/h5-7,11,13,15,18,27H,3-4,8-10,12,14H2,1-2H3,(H,22,26)/t18-/m1/s1. The van der Waals surface area contributed by atoms with Crippen LogP contribution in [0.15, 0.2) is 29.6 Å². The van der Waals surface area contributed by atoms with Gasteiger partial charge in [-0.15, -0.1) is 11.3 Å². The third-order valence-corrected chi connectivity index (χ3v) is 8.19. The monoisotopic (exact) mass is 467 g/mol. The van der Waals surface area contributed by atoms with Crippen LogP contribution in [0, 0.1) is 5.92 Å². The molecule has 2 amide bonds. The van der Waals surface area contributed by atoms with E-state index in [0.717, 1.165) is 20.8 Å². The van der Waals surface area contributed by atoms with Crippen LogP contribution in [0.4, 0.5) is 0 Å². The van der Waals surface area contributed by atoms with Gasteiger partial charge in [0.15, 0.2) is 0 Å². The lowest BCUT2D eigenvalue weighted by atomic mass is 10.0. The van der Waals surface area contributed by atoms with Gasteiger partial charge in [-0.25, -0.2) is 13.9 Å². The van der Waals surface area contributed by atoms with Gasteiger partial charge in [0.1, 0.15) is 6.04 Å². The average Bonchev–Trinajstić information content (AvgIpc) is 3.34. The zero-order valence-electron chi connectivity index (χ0n) is 17.8. The first kappa shape index (κ1) is 23.6. The predicted octanol–water partition coefficient (Wildman–Crippen LogP) is 2.58. The largest absolute Gasteiger partial charge is 0.341 e. The molecule has 2 N–H and O–H groups in total. The van der Waals surface area contributed by atoms with Crippen LogP contribution < -0.4 is 5.48 Å². The van der Waals surface area contributed by atoms with E-state index in [1.54, 1.807) is 27.8 Å². The quantitative estimate of drug-likeness (QED) is 0.413. The maximum absolute atomic E-state index is 13.5.